The lowest BCUT2D eigenvalue weighted by molar-refractivity contribution is -0.130. The molecule has 0 aromatic heterocycles. The van der Waals surface area contributed by atoms with Gasteiger partial charge in [0.05, 0.1) is 29.9 Å². The first-order valence-electron chi connectivity index (χ1n) is 16.4. The number of piperazine rings is 1. The Hall–Kier alpha value is -4.75. The molecule has 2 saturated heterocycles. The SMILES string of the molecule is CCOc1ccccc1C1(NC(=O)ON2CCC(N3CCN(C)CC3)CC2)C(=O)N(S(=O)(=O)c2ccc(OC)cc2)c2cc(F)c(C#N)cc21. The predicted molar refractivity (Wildman–Crippen MR) is 180 cm³/mol. The molecule has 0 spiro atoms. The van der Waals surface area contributed by atoms with Crippen LogP contribution in [0.4, 0.5) is 14.9 Å². The Balaban J connectivity index is 1.40. The third-order valence-electron chi connectivity index (χ3n) is 9.50. The number of nitrogens with one attached hydrogen (secondary N) is 1. The number of hydrogen-bond acceptors (Lipinski definition) is 11. The minimum absolute atomic E-state index is 0.0711. The van der Waals surface area contributed by atoms with Gasteiger partial charge in [-0.15, -0.1) is 5.06 Å². The number of benzene rings is 3. The number of halogens is 1. The van der Waals surface area contributed by atoms with Crippen molar-refractivity contribution in [2.75, 3.05) is 64.3 Å². The number of likely N-dealkylation sites (N-methyl/N-ethyl adjacent to an activating group) is 1. The lowest BCUT2D eigenvalue weighted by Gasteiger charge is -2.41. The predicted octanol–water partition coefficient (Wildman–Crippen LogP) is 3.44. The van der Waals surface area contributed by atoms with Crippen LogP contribution < -0.4 is 19.1 Å². The maximum absolute atomic E-state index is 15.3. The second-order valence-electron chi connectivity index (χ2n) is 12.4. The number of rotatable bonds is 9. The van der Waals surface area contributed by atoms with Gasteiger partial charge < -0.3 is 19.2 Å². The Morgan fingerprint density at radius 1 is 1.02 bits per heavy atom. The number of hydroxylamine groups is 2. The van der Waals surface area contributed by atoms with Crippen LogP contribution in [0.3, 0.4) is 0 Å². The highest BCUT2D eigenvalue weighted by molar-refractivity contribution is 7.93. The van der Waals surface area contributed by atoms with Gasteiger partial charge in [-0.1, -0.05) is 18.2 Å². The summed E-state index contributed by atoms with van der Waals surface area (Å²) < 4.78 is 55.4. The Morgan fingerprint density at radius 2 is 1.70 bits per heavy atom. The molecule has 3 aliphatic heterocycles. The monoisotopic (exact) mass is 706 g/mol. The number of ether oxygens (including phenoxy) is 2. The molecule has 3 aromatic rings. The molecule has 264 valence electrons. The van der Waals surface area contributed by atoms with E-state index in [1.165, 1.54) is 42.5 Å². The maximum Gasteiger partial charge on any atom is 0.427 e. The number of methoxy groups -OCH3 is 1. The summed E-state index contributed by atoms with van der Waals surface area (Å²) in [5.41, 5.74) is -3.21. The second kappa shape index (κ2) is 14.2. The molecule has 1 unspecified atom stereocenters. The fourth-order valence-corrected chi connectivity index (χ4v) is 8.33. The smallest absolute Gasteiger partial charge is 0.427 e. The van der Waals surface area contributed by atoms with Crippen molar-refractivity contribution < 1.29 is 36.7 Å². The van der Waals surface area contributed by atoms with Crippen molar-refractivity contribution in [3.63, 3.8) is 0 Å². The van der Waals surface area contributed by atoms with Gasteiger partial charge >= 0.3 is 6.09 Å². The summed E-state index contributed by atoms with van der Waals surface area (Å²) >= 11 is 0. The molecule has 3 aromatic carbocycles. The van der Waals surface area contributed by atoms with Crippen molar-refractivity contribution >= 4 is 27.7 Å². The number of amides is 2. The first-order valence-corrected chi connectivity index (χ1v) is 17.8. The molecule has 0 aliphatic carbocycles. The molecule has 0 radical (unpaired) electrons. The van der Waals surface area contributed by atoms with Crippen molar-refractivity contribution in [1.82, 2.24) is 20.2 Å². The number of sulfonamides is 1. The van der Waals surface area contributed by atoms with E-state index < -0.39 is 38.9 Å². The van der Waals surface area contributed by atoms with E-state index in [2.05, 4.69) is 22.2 Å². The minimum Gasteiger partial charge on any atom is -0.497 e. The van der Waals surface area contributed by atoms with Crippen LogP contribution in [0.5, 0.6) is 11.5 Å². The zero-order chi connectivity index (χ0) is 35.6. The Kier molecular flexibility index (Phi) is 9.99. The Bertz CT molecular complexity index is 1910. The van der Waals surface area contributed by atoms with E-state index >= 15 is 4.39 Å². The number of nitriles is 1. The molecule has 2 fully saturated rings. The largest absolute Gasteiger partial charge is 0.497 e. The molecule has 1 N–H and O–H groups in total. The average Bonchev–Trinajstić information content (AvgIpc) is 3.35. The molecule has 50 heavy (non-hydrogen) atoms. The highest BCUT2D eigenvalue weighted by atomic mass is 32.2. The van der Waals surface area contributed by atoms with Gasteiger partial charge in [0, 0.05) is 62.5 Å². The van der Waals surface area contributed by atoms with E-state index in [1.807, 2.05) is 0 Å². The fraction of sp³-hybridized carbons (Fsp3) is 0.400. The first kappa shape index (κ1) is 35.1. The van der Waals surface area contributed by atoms with Crippen molar-refractivity contribution in [1.29, 1.82) is 5.26 Å². The number of para-hydroxylation sites is 1. The average molecular weight is 707 g/mol. The van der Waals surface area contributed by atoms with Gasteiger partial charge in [-0.3, -0.25) is 15.0 Å². The highest BCUT2D eigenvalue weighted by Crippen LogP contribution is 2.50. The summed E-state index contributed by atoms with van der Waals surface area (Å²) in [7, 11) is -1.20. The third kappa shape index (κ3) is 6.35. The number of nitrogens with zero attached hydrogens (tertiary/aromatic N) is 5. The number of piperidine rings is 1. The zero-order valence-corrected chi connectivity index (χ0v) is 28.9. The van der Waals surface area contributed by atoms with Crippen LogP contribution in [0.1, 0.15) is 36.5 Å². The second-order valence-corrected chi connectivity index (χ2v) is 14.2. The number of fused-ring (bicyclic) bond motifs is 1. The van der Waals surface area contributed by atoms with E-state index in [0.717, 1.165) is 51.2 Å². The lowest BCUT2D eigenvalue weighted by Crippen LogP contribution is -2.56. The van der Waals surface area contributed by atoms with Crippen molar-refractivity contribution in [2.45, 2.75) is 36.2 Å². The van der Waals surface area contributed by atoms with E-state index in [9.17, 15) is 23.3 Å². The van der Waals surface area contributed by atoms with Gasteiger partial charge in [0.2, 0.25) is 0 Å². The van der Waals surface area contributed by atoms with Crippen LogP contribution >= 0.6 is 0 Å². The van der Waals surface area contributed by atoms with Crippen LogP contribution in [-0.2, 0) is 25.2 Å². The standard InChI is InChI=1S/C35H39FN6O7S/c1-4-48-32-8-6-5-7-28(32)35(38-34(44)49-41-15-13-25(14-16-41)40-19-17-39(2)18-20-40)29-21-24(23-37)30(36)22-31(29)42(33(35)43)50(45,46)27-11-9-26(47-3)10-12-27/h5-12,21-22,25H,4,13-20H2,1-3H3,(H,38,44). The molecule has 0 bridgehead atoms. The fourth-order valence-electron chi connectivity index (χ4n) is 6.87. The molecular formula is C35H39FN6O7S. The zero-order valence-electron chi connectivity index (χ0n) is 28.1. The molecule has 1 atom stereocenters. The minimum atomic E-state index is -4.72. The summed E-state index contributed by atoms with van der Waals surface area (Å²) in [6.45, 7) is 6.69. The summed E-state index contributed by atoms with van der Waals surface area (Å²) in [5.74, 6) is -1.66. The molecule has 6 rings (SSSR count). The molecule has 0 saturated carbocycles. The van der Waals surface area contributed by atoms with Gasteiger partial charge in [0.25, 0.3) is 15.9 Å². The van der Waals surface area contributed by atoms with Gasteiger partial charge in [0.15, 0.2) is 5.54 Å². The maximum atomic E-state index is 15.3. The third-order valence-corrected chi connectivity index (χ3v) is 11.2. The van der Waals surface area contributed by atoms with E-state index in [-0.39, 0.29) is 34.1 Å². The summed E-state index contributed by atoms with van der Waals surface area (Å²) in [4.78, 5) is 39.1. The van der Waals surface area contributed by atoms with Crippen molar-refractivity contribution in [2.24, 2.45) is 0 Å². The van der Waals surface area contributed by atoms with Gasteiger partial charge in [0.1, 0.15) is 23.4 Å². The summed E-state index contributed by atoms with van der Waals surface area (Å²) in [6.07, 6.45) is 0.478. The molecule has 3 aliphatic rings. The first-order chi connectivity index (χ1) is 24.0. The number of anilines is 1. The van der Waals surface area contributed by atoms with Crippen molar-refractivity contribution in [3.05, 3.63) is 83.2 Å². The van der Waals surface area contributed by atoms with Crippen LogP contribution in [0, 0.1) is 17.1 Å². The lowest BCUT2D eigenvalue weighted by atomic mass is 9.82. The molecular weight excluding hydrogens is 667 g/mol. The topological polar surface area (TPSA) is 145 Å². The Morgan fingerprint density at radius 3 is 2.34 bits per heavy atom. The highest BCUT2D eigenvalue weighted by Gasteiger charge is 2.59. The van der Waals surface area contributed by atoms with Crippen molar-refractivity contribution in [3.8, 4) is 17.6 Å². The van der Waals surface area contributed by atoms with E-state index in [4.69, 9.17) is 14.3 Å². The van der Waals surface area contributed by atoms with Gasteiger partial charge in [-0.25, -0.2) is 17.6 Å². The van der Waals surface area contributed by atoms with E-state index in [0.29, 0.717) is 29.2 Å². The molecule has 13 nitrogen and oxygen atoms in total. The van der Waals surface area contributed by atoms with Gasteiger partial charge in [-0.2, -0.15) is 9.57 Å². The van der Waals surface area contributed by atoms with Crippen LogP contribution in [-0.4, -0.2) is 101 Å². The number of hydrogen-bond donors (Lipinski definition) is 1. The number of carbonyl (C=O) groups is 2. The normalized spacial score (nSPS) is 20.6. The summed E-state index contributed by atoms with van der Waals surface area (Å²) in [6, 6.07) is 15.7. The van der Waals surface area contributed by atoms with Crippen LogP contribution in [0.2, 0.25) is 0 Å². The van der Waals surface area contributed by atoms with E-state index in [1.54, 1.807) is 31.2 Å². The Labute approximate surface area is 290 Å². The molecule has 2 amide bonds. The van der Waals surface area contributed by atoms with Crippen LogP contribution in [0.25, 0.3) is 0 Å². The molecule has 3 heterocycles. The van der Waals surface area contributed by atoms with Crippen LogP contribution in [0.15, 0.2) is 65.6 Å². The summed E-state index contributed by atoms with van der Waals surface area (Å²) in [5, 5.41) is 14.0. The van der Waals surface area contributed by atoms with Gasteiger partial charge in [-0.05, 0) is 63.2 Å². The quantitative estimate of drug-likeness (QED) is 0.350. The number of carbonyl (C=O) groups excluding carboxylic acids is 2. The molecule has 15 heteroatoms.